The maximum atomic E-state index is 9.46. The van der Waals surface area contributed by atoms with E-state index in [-0.39, 0.29) is 6.61 Å². The third kappa shape index (κ3) is 3.78. The molecule has 4 rings (SSSR count). The Balaban J connectivity index is 1.37. The SMILES string of the molecule is C[C@@H](Cc1ccc2c(c1)OCO2)CN1C[C@@H]2CCCN2C[C@H]1CCO. The smallest absolute Gasteiger partial charge is 0.231 e. The predicted octanol–water partition coefficient (Wildman–Crippen LogP) is 2.12. The Morgan fingerprint density at radius 1 is 1.24 bits per heavy atom. The molecule has 0 aliphatic carbocycles. The first kappa shape index (κ1) is 17.1. The van der Waals surface area contributed by atoms with E-state index in [9.17, 15) is 5.11 Å². The van der Waals surface area contributed by atoms with Crippen LogP contribution in [0.5, 0.6) is 11.5 Å². The topological polar surface area (TPSA) is 45.2 Å². The maximum absolute atomic E-state index is 9.46. The molecule has 3 atom stereocenters. The van der Waals surface area contributed by atoms with Crippen molar-refractivity contribution in [2.24, 2.45) is 5.92 Å². The third-order valence-electron chi connectivity index (χ3n) is 5.94. The van der Waals surface area contributed by atoms with Crippen LogP contribution in [-0.2, 0) is 6.42 Å². The second-order valence-corrected chi connectivity index (χ2v) is 7.91. The van der Waals surface area contributed by atoms with Gasteiger partial charge in [-0.3, -0.25) is 9.80 Å². The second-order valence-electron chi connectivity index (χ2n) is 7.91. The zero-order valence-electron chi connectivity index (χ0n) is 15.2. The van der Waals surface area contributed by atoms with Crippen molar-refractivity contribution < 1.29 is 14.6 Å². The van der Waals surface area contributed by atoms with Crippen LogP contribution in [0.1, 0.15) is 31.7 Å². The molecule has 138 valence electrons. The second kappa shape index (κ2) is 7.52. The van der Waals surface area contributed by atoms with E-state index in [4.69, 9.17) is 9.47 Å². The monoisotopic (exact) mass is 346 g/mol. The lowest BCUT2D eigenvalue weighted by atomic mass is 9.97. The quantitative estimate of drug-likeness (QED) is 0.855. The lowest BCUT2D eigenvalue weighted by Gasteiger charge is -2.44. The molecule has 0 spiro atoms. The minimum Gasteiger partial charge on any atom is -0.454 e. The highest BCUT2D eigenvalue weighted by Gasteiger charge is 2.36. The highest BCUT2D eigenvalue weighted by molar-refractivity contribution is 5.44. The van der Waals surface area contributed by atoms with E-state index in [0.29, 0.717) is 18.8 Å². The minimum atomic E-state index is 0.288. The molecular formula is C20H30N2O3. The Morgan fingerprint density at radius 3 is 3.00 bits per heavy atom. The number of fused-ring (bicyclic) bond motifs is 2. The standard InChI is InChI=1S/C20H30N2O3/c1-15(9-16-4-5-19-20(10-16)25-14-24-19)11-22-13-17-3-2-7-21(17)12-18(22)6-8-23/h4-5,10,15,17-18,23H,2-3,6-9,11-14H2,1H3/t15-,17-,18+/m0/s1. The Morgan fingerprint density at radius 2 is 2.12 bits per heavy atom. The lowest BCUT2D eigenvalue weighted by Crippen LogP contribution is -2.57. The molecule has 0 aromatic heterocycles. The Kier molecular flexibility index (Phi) is 5.15. The molecule has 1 aromatic rings. The van der Waals surface area contributed by atoms with E-state index in [1.54, 1.807) is 0 Å². The normalized spacial score (nSPS) is 27.4. The molecule has 3 aliphatic rings. The van der Waals surface area contributed by atoms with E-state index in [0.717, 1.165) is 50.0 Å². The van der Waals surface area contributed by atoms with Crippen molar-refractivity contribution in [3.8, 4) is 11.5 Å². The van der Waals surface area contributed by atoms with Crippen LogP contribution in [0.4, 0.5) is 0 Å². The number of benzene rings is 1. The van der Waals surface area contributed by atoms with Crippen LogP contribution >= 0.6 is 0 Å². The molecular weight excluding hydrogens is 316 g/mol. The highest BCUT2D eigenvalue weighted by atomic mass is 16.7. The molecule has 0 amide bonds. The molecule has 1 N–H and O–H groups in total. The third-order valence-corrected chi connectivity index (χ3v) is 5.94. The molecule has 2 fully saturated rings. The number of piperazine rings is 1. The van der Waals surface area contributed by atoms with Crippen molar-refractivity contribution in [1.82, 2.24) is 9.80 Å². The number of nitrogens with zero attached hydrogens (tertiary/aromatic N) is 2. The Hall–Kier alpha value is -1.30. The first-order valence-corrected chi connectivity index (χ1v) is 9.70. The number of hydrogen-bond donors (Lipinski definition) is 1. The molecule has 25 heavy (non-hydrogen) atoms. The summed E-state index contributed by atoms with van der Waals surface area (Å²) in [6, 6.07) is 7.53. The fourth-order valence-electron chi connectivity index (χ4n) is 4.73. The van der Waals surface area contributed by atoms with Gasteiger partial charge in [-0.2, -0.15) is 0 Å². The lowest BCUT2D eigenvalue weighted by molar-refractivity contribution is 0.0300. The van der Waals surface area contributed by atoms with E-state index >= 15 is 0 Å². The zero-order valence-corrected chi connectivity index (χ0v) is 15.2. The summed E-state index contributed by atoms with van der Waals surface area (Å²) < 4.78 is 10.9. The summed E-state index contributed by atoms with van der Waals surface area (Å²) >= 11 is 0. The van der Waals surface area contributed by atoms with Crippen molar-refractivity contribution in [3.05, 3.63) is 23.8 Å². The first-order chi connectivity index (χ1) is 12.2. The summed E-state index contributed by atoms with van der Waals surface area (Å²) in [7, 11) is 0. The zero-order chi connectivity index (χ0) is 17.2. The fourth-order valence-corrected chi connectivity index (χ4v) is 4.73. The van der Waals surface area contributed by atoms with Gasteiger partial charge >= 0.3 is 0 Å². The van der Waals surface area contributed by atoms with Gasteiger partial charge in [-0.25, -0.2) is 0 Å². The first-order valence-electron chi connectivity index (χ1n) is 9.70. The van der Waals surface area contributed by atoms with Crippen LogP contribution < -0.4 is 9.47 Å². The number of aliphatic hydroxyl groups excluding tert-OH is 1. The van der Waals surface area contributed by atoms with Crippen molar-refractivity contribution in [2.45, 2.75) is 44.7 Å². The predicted molar refractivity (Wildman–Crippen MR) is 97.1 cm³/mol. The van der Waals surface area contributed by atoms with Gasteiger partial charge in [-0.05, 0) is 55.8 Å². The fraction of sp³-hybridized carbons (Fsp3) is 0.700. The average Bonchev–Trinajstić information content (AvgIpc) is 3.23. The number of ether oxygens (including phenoxy) is 2. The molecule has 5 nitrogen and oxygen atoms in total. The van der Waals surface area contributed by atoms with Gasteiger partial charge in [-0.1, -0.05) is 13.0 Å². The van der Waals surface area contributed by atoms with Gasteiger partial charge in [0.05, 0.1) is 0 Å². The summed E-state index contributed by atoms with van der Waals surface area (Å²) in [4.78, 5) is 5.28. The van der Waals surface area contributed by atoms with E-state index in [1.165, 1.54) is 24.9 Å². The molecule has 0 saturated carbocycles. The van der Waals surface area contributed by atoms with Gasteiger partial charge in [0.15, 0.2) is 11.5 Å². The summed E-state index contributed by atoms with van der Waals surface area (Å²) in [5.74, 6) is 2.31. The van der Waals surface area contributed by atoms with Crippen LogP contribution in [0.25, 0.3) is 0 Å². The summed E-state index contributed by atoms with van der Waals surface area (Å²) in [6.45, 7) is 7.59. The van der Waals surface area contributed by atoms with Gasteiger partial charge in [0, 0.05) is 38.3 Å². The summed E-state index contributed by atoms with van der Waals surface area (Å²) in [5, 5.41) is 9.46. The molecule has 0 bridgehead atoms. The summed E-state index contributed by atoms with van der Waals surface area (Å²) in [5.41, 5.74) is 1.31. The number of hydrogen-bond acceptors (Lipinski definition) is 5. The van der Waals surface area contributed by atoms with Crippen molar-refractivity contribution in [1.29, 1.82) is 0 Å². The van der Waals surface area contributed by atoms with Gasteiger partial charge in [-0.15, -0.1) is 0 Å². The van der Waals surface area contributed by atoms with Crippen LogP contribution in [-0.4, -0.2) is 66.6 Å². The Bertz CT molecular complexity index is 594. The highest BCUT2D eigenvalue weighted by Crippen LogP contribution is 2.33. The number of rotatable bonds is 6. The molecule has 2 saturated heterocycles. The van der Waals surface area contributed by atoms with Crippen LogP contribution in [0.2, 0.25) is 0 Å². The van der Waals surface area contributed by atoms with Crippen molar-refractivity contribution >= 4 is 0 Å². The molecule has 5 heteroatoms. The molecule has 0 radical (unpaired) electrons. The molecule has 3 aliphatic heterocycles. The number of aliphatic hydroxyl groups is 1. The molecule has 3 heterocycles. The van der Waals surface area contributed by atoms with E-state index < -0.39 is 0 Å². The van der Waals surface area contributed by atoms with Gasteiger partial charge in [0.1, 0.15) is 0 Å². The van der Waals surface area contributed by atoms with Crippen molar-refractivity contribution in [2.75, 3.05) is 39.6 Å². The maximum Gasteiger partial charge on any atom is 0.231 e. The Labute approximate surface area is 150 Å². The van der Waals surface area contributed by atoms with Crippen LogP contribution in [0.15, 0.2) is 18.2 Å². The molecule has 0 unspecified atom stereocenters. The van der Waals surface area contributed by atoms with E-state index in [2.05, 4.69) is 28.9 Å². The van der Waals surface area contributed by atoms with E-state index in [1.807, 2.05) is 6.07 Å². The van der Waals surface area contributed by atoms with Gasteiger partial charge < -0.3 is 14.6 Å². The average molecular weight is 346 g/mol. The van der Waals surface area contributed by atoms with Gasteiger partial charge in [0.25, 0.3) is 0 Å². The largest absolute Gasteiger partial charge is 0.454 e. The molecule has 1 aromatic carbocycles. The van der Waals surface area contributed by atoms with Crippen LogP contribution in [0, 0.1) is 5.92 Å². The van der Waals surface area contributed by atoms with Crippen molar-refractivity contribution in [3.63, 3.8) is 0 Å². The van der Waals surface area contributed by atoms with Gasteiger partial charge in [0.2, 0.25) is 6.79 Å². The minimum absolute atomic E-state index is 0.288. The summed E-state index contributed by atoms with van der Waals surface area (Å²) in [6.07, 6.45) is 4.60. The van der Waals surface area contributed by atoms with Crippen LogP contribution in [0.3, 0.4) is 0 Å².